The Balaban J connectivity index is 2.63. The number of hydrogen-bond acceptors (Lipinski definition) is 5. The predicted molar refractivity (Wildman–Crippen MR) is 113 cm³/mol. The van der Waals surface area contributed by atoms with E-state index in [0.29, 0.717) is 12.0 Å². The van der Waals surface area contributed by atoms with Crippen molar-refractivity contribution in [2.45, 2.75) is 90.6 Å². The summed E-state index contributed by atoms with van der Waals surface area (Å²) in [6.07, 6.45) is 11.2. The Labute approximate surface area is 174 Å². The molecule has 6 heteroatoms. The molecule has 0 aliphatic heterocycles. The lowest BCUT2D eigenvalue weighted by atomic mass is 9.96. The molecule has 0 amide bonds. The van der Waals surface area contributed by atoms with Gasteiger partial charge in [0.1, 0.15) is 23.2 Å². The van der Waals surface area contributed by atoms with Crippen molar-refractivity contribution in [3.8, 4) is 11.5 Å². The second kappa shape index (κ2) is 13.9. The number of methoxy groups -OCH3 is 1. The van der Waals surface area contributed by atoms with E-state index in [1.165, 1.54) is 64.7 Å². The van der Waals surface area contributed by atoms with Crippen molar-refractivity contribution in [2.24, 2.45) is 0 Å². The standard InChI is InChI=1S/C23H36O6/c1-4-5-6-7-8-9-10-11-12-13-20(29-17(2)24)15-18-14-19(25)16-21(28-3)22(18)23(26)27/h14,16,20,25H,4-13,15H2,1-3H3,(H,26,27)/t20-/m1/s1. The zero-order chi connectivity index (χ0) is 21.6. The summed E-state index contributed by atoms with van der Waals surface area (Å²) < 4.78 is 10.5. The van der Waals surface area contributed by atoms with E-state index < -0.39 is 18.0 Å². The molecule has 164 valence electrons. The lowest BCUT2D eigenvalue weighted by molar-refractivity contribution is -0.146. The van der Waals surface area contributed by atoms with Crippen LogP contribution in [0.25, 0.3) is 0 Å². The second-order valence-corrected chi connectivity index (χ2v) is 7.54. The van der Waals surface area contributed by atoms with Crippen LogP contribution >= 0.6 is 0 Å². The zero-order valence-corrected chi connectivity index (χ0v) is 18.0. The SMILES string of the molecule is CCCCCCCCCCC[C@H](Cc1cc(O)cc(OC)c1C(=O)O)OC(C)=O. The monoisotopic (exact) mass is 408 g/mol. The molecule has 0 aliphatic carbocycles. The number of phenolic OH excluding ortho intramolecular Hbond substituents is 1. The molecule has 0 heterocycles. The van der Waals surface area contributed by atoms with Gasteiger partial charge in [-0.05, 0) is 24.5 Å². The molecule has 0 fully saturated rings. The number of hydrogen-bond donors (Lipinski definition) is 2. The van der Waals surface area contributed by atoms with Gasteiger partial charge in [0.15, 0.2) is 0 Å². The van der Waals surface area contributed by atoms with Crippen LogP contribution in [0.2, 0.25) is 0 Å². The van der Waals surface area contributed by atoms with Gasteiger partial charge in [-0.3, -0.25) is 4.79 Å². The van der Waals surface area contributed by atoms with E-state index in [4.69, 9.17) is 9.47 Å². The summed E-state index contributed by atoms with van der Waals surface area (Å²) in [5.41, 5.74) is 0.394. The van der Waals surface area contributed by atoms with Crippen molar-refractivity contribution >= 4 is 11.9 Å². The number of carboxylic acids is 1. The number of rotatable bonds is 15. The minimum atomic E-state index is -1.14. The maximum atomic E-state index is 11.7. The highest BCUT2D eigenvalue weighted by molar-refractivity contribution is 5.93. The smallest absolute Gasteiger partial charge is 0.339 e. The van der Waals surface area contributed by atoms with Crippen molar-refractivity contribution in [2.75, 3.05) is 7.11 Å². The molecule has 0 spiro atoms. The van der Waals surface area contributed by atoms with Crippen LogP contribution in [0.1, 0.15) is 94.0 Å². The van der Waals surface area contributed by atoms with E-state index in [-0.39, 0.29) is 23.5 Å². The second-order valence-electron chi connectivity index (χ2n) is 7.54. The average Bonchev–Trinajstić information content (AvgIpc) is 2.65. The molecule has 1 atom stereocenters. The third-order valence-corrected chi connectivity index (χ3v) is 5.01. The van der Waals surface area contributed by atoms with Gasteiger partial charge >= 0.3 is 11.9 Å². The van der Waals surface area contributed by atoms with Gasteiger partial charge in [-0.25, -0.2) is 4.79 Å². The van der Waals surface area contributed by atoms with Crippen molar-refractivity contribution in [3.63, 3.8) is 0 Å². The van der Waals surface area contributed by atoms with Crippen LogP contribution in [0.5, 0.6) is 11.5 Å². The molecular weight excluding hydrogens is 372 g/mol. The summed E-state index contributed by atoms with van der Waals surface area (Å²) in [4.78, 5) is 23.2. The summed E-state index contributed by atoms with van der Waals surface area (Å²) in [5.74, 6) is -1.51. The molecule has 2 N–H and O–H groups in total. The van der Waals surface area contributed by atoms with Crippen LogP contribution < -0.4 is 4.74 Å². The fourth-order valence-corrected chi connectivity index (χ4v) is 3.59. The van der Waals surface area contributed by atoms with Gasteiger partial charge in [0.05, 0.1) is 7.11 Å². The highest BCUT2D eigenvalue weighted by atomic mass is 16.5. The Bertz CT molecular complexity index is 641. The number of unbranched alkanes of at least 4 members (excludes halogenated alkanes) is 8. The zero-order valence-electron chi connectivity index (χ0n) is 18.0. The summed E-state index contributed by atoms with van der Waals surface area (Å²) in [5, 5.41) is 19.4. The minimum Gasteiger partial charge on any atom is -0.508 e. The molecule has 0 radical (unpaired) electrons. The van der Waals surface area contributed by atoms with Crippen molar-refractivity contribution < 1.29 is 29.3 Å². The largest absolute Gasteiger partial charge is 0.508 e. The summed E-state index contributed by atoms with van der Waals surface area (Å²) in [6, 6.07) is 2.67. The van der Waals surface area contributed by atoms with Gasteiger partial charge in [-0.15, -0.1) is 0 Å². The van der Waals surface area contributed by atoms with Crippen LogP contribution in [0.4, 0.5) is 0 Å². The molecule has 0 aromatic heterocycles. The first kappa shape index (κ1) is 24.8. The quantitative estimate of drug-likeness (QED) is 0.294. The lowest BCUT2D eigenvalue weighted by Gasteiger charge is -2.19. The van der Waals surface area contributed by atoms with E-state index in [2.05, 4.69) is 6.92 Å². The topological polar surface area (TPSA) is 93.1 Å². The van der Waals surface area contributed by atoms with Crippen molar-refractivity contribution in [3.05, 3.63) is 23.3 Å². The van der Waals surface area contributed by atoms with Gasteiger partial charge in [0, 0.05) is 19.4 Å². The normalized spacial score (nSPS) is 11.8. The molecule has 6 nitrogen and oxygen atoms in total. The average molecular weight is 409 g/mol. The van der Waals surface area contributed by atoms with Crippen molar-refractivity contribution in [1.29, 1.82) is 0 Å². The van der Waals surface area contributed by atoms with Gasteiger partial charge in [-0.1, -0.05) is 58.3 Å². The Morgan fingerprint density at radius 3 is 2.10 bits per heavy atom. The first-order valence-corrected chi connectivity index (χ1v) is 10.7. The third kappa shape index (κ3) is 9.68. The molecule has 29 heavy (non-hydrogen) atoms. The van der Waals surface area contributed by atoms with Crippen LogP contribution in [0.3, 0.4) is 0 Å². The first-order chi connectivity index (χ1) is 13.9. The van der Waals surface area contributed by atoms with E-state index in [1.54, 1.807) is 0 Å². The van der Waals surface area contributed by atoms with Gasteiger partial charge in [-0.2, -0.15) is 0 Å². The Kier molecular flexibility index (Phi) is 11.8. The minimum absolute atomic E-state index is 0.00506. The number of aromatic hydroxyl groups is 1. The molecule has 1 aromatic rings. The molecular formula is C23H36O6. The number of carbonyl (C=O) groups excluding carboxylic acids is 1. The van der Waals surface area contributed by atoms with E-state index >= 15 is 0 Å². The van der Waals surface area contributed by atoms with Crippen molar-refractivity contribution in [1.82, 2.24) is 0 Å². The highest BCUT2D eigenvalue weighted by Gasteiger charge is 2.22. The third-order valence-electron chi connectivity index (χ3n) is 5.01. The highest BCUT2D eigenvalue weighted by Crippen LogP contribution is 2.30. The number of carbonyl (C=O) groups is 2. The van der Waals surface area contributed by atoms with Crippen LogP contribution in [-0.4, -0.2) is 35.4 Å². The maximum Gasteiger partial charge on any atom is 0.339 e. The summed E-state index contributed by atoms with van der Waals surface area (Å²) in [6.45, 7) is 3.57. The lowest BCUT2D eigenvalue weighted by Crippen LogP contribution is -2.21. The first-order valence-electron chi connectivity index (χ1n) is 10.7. The Morgan fingerprint density at radius 2 is 1.59 bits per heavy atom. The maximum absolute atomic E-state index is 11.7. The summed E-state index contributed by atoms with van der Waals surface area (Å²) >= 11 is 0. The molecule has 1 rings (SSSR count). The van der Waals surface area contributed by atoms with Crippen LogP contribution in [-0.2, 0) is 16.0 Å². The number of aromatic carboxylic acids is 1. The number of benzene rings is 1. The number of phenols is 1. The fourth-order valence-electron chi connectivity index (χ4n) is 3.59. The number of ether oxygens (including phenoxy) is 2. The molecule has 0 saturated heterocycles. The van der Waals surface area contributed by atoms with Gasteiger partial charge < -0.3 is 19.7 Å². The Hall–Kier alpha value is -2.24. The van der Waals surface area contributed by atoms with Crippen LogP contribution in [0, 0.1) is 0 Å². The molecule has 0 unspecified atom stereocenters. The molecule has 0 aliphatic rings. The molecule has 0 saturated carbocycles. The van der Waals surface area contributed by atoms with Gasteiger partial charge in [0.25, 0.3) is 0 Å². The number of esters is 1. The number of carboxylic acid groups (broad SMARTS) is 1. The van der Waals surface area contributed by atoms with E-state index in [9.17, 15) is 19.8 Å². The van der Waals surface area contributed by atoms with Crippen LogP contribution in [0.15, 0.2) is 12.1 Å². The summed E-state index contributed by atoms with van der Waals surface area (Å²) in [7, 11) is 1.36. The van der Waals surface area contributed by atoms with E-state index in [1.807, 2.05) is 0 Å². The predicted octanol–water partition coefficient (Wildman–Crippen LogP) is 5.49. The van der Waals surface area contributed by atoms with Gasteiger partial charge in [0.2, 0.25) is 0 Å². The Morgan fingerprint density at radius 1 is 1.00 bits per heavy atom. The van der Waals surface area contributed by atoms with E-state index in [0.717, 1.165) is 19.3 Å². The molecule has 1 aromatic carbocycles. The fraction of sp³-hybridized carbons (Fsp3) is 0.652. The molecule has 0 bridgehead atoms.